The molecule has 2 heterocycles. The summed E-state index contributed by atoms with van der Waals surface area (Å²) in [6.07, 6.45) is 1.57. The van der Waals surface area contributed by atoms with E-state index >= 15 is 0 Å². The van der Waals surface area contributed by atoms with E-state index in [2.05, 4.69) is 0 Å². The van der Waals surface area contributed by atoms with Gasteiger partial charge in [-0.15, -0.1) is 0 Å². The van der Waals surface area contributed by atoms with E-state index in [9.17, 15) is 14.4 Å². The van der Waals surface area contributed by atoms with Crippen LogP contribution in [0.25, 0.3) is 0 Å². The number of aryl methyl sites for hydroxylation is 1. The second-order valence-electron chi connectivity index (χ2n) is 10.4. The van der Waals surface area contributed by atoms with Gasteiger partial charge in [0.15, 0.2) is 0 Å². The maximum atomic E-state index is 13.8. The predicted octanol–water partition coefficient (Wildman–Crippen LogP) is 3.82. The molecule has 190 valence electrons. The molecule has 2 aliphatic heterocycles. The van der Waals surface area contributed by atoms with Crippen molar-refractivity contribution in [3.8, 4) is 11.5 Å². The molecule has 0 radical (unpaired) electrons. The van der Waals surface area contributed by atoms with E-state index in [1.54, 1.807) is 4.90 Å². The quantitative estimate of drug-likeness (QED) is 0.363. The number of carbonyl (C=O) groups is 3. The molecule has 2 aromatic carbocycles. The molecular formula is C27H32BNO7. The molecule has 1 saturated heterocycles. The minimum absolute atomic E-state index is 0.0411. The van der Waals surface area contributed by atoms with E-state index in [1.165, 1.54) is 32.0 Å². The second kappa shape index (κ2) is 9.37. The average molecular weight is 493 g/mol. The molecule has 0 aromatic heterocycles. The van der Waals surface area contributed by atoms with E-state index in [-0.39, 0.29) is 29.0 Å². The fraction of sp³-hybridized carbons (Fsp3) is 0.444. The van der Waals surface area contributed by atoms with Crippen molar-refractivity contribution in [1.82, 2.24) is 0 Å². The minimum atomic E-state index is -0.580. The second-order valence-corrected chi connectivity index (χ2v) is 10.4. The standard InChI is InChI=1S/C27H32BNO7/c1-16-8-9-19-14-20(28-35-26(4,5)27(6,7)36-28)10-13-23(19)29(16)25(32)22-12-11-21(33-17(2)30)15-24(22)34-18(3)31/h10-16H,8-9H2,1-7H3/t16-/m1/s1. The Bertz CT molecular complexity index is 1210. The van der Waals surface area contributed by atoms with Crippen LogP contribution < -0.4 is 19.8 Å². The summed E-state index contributed by atoms with van der Waals surface area (Å²) in [6.45, 7) is 12.6. The van der Waals surface area contributed by atoms with E-state index < -0.39 is 30.3 Å². The number of esters is 2. The Kier molecular flexibility index (Phi) is 6.75. The Morgan fingerprint density at radius 2 is 1.58 bits per heavy atom. The van der Waals surface area contributed by atoms with Crippen molar-refractivity contribution in [2.24, 2.45) is 0 Å². The zero-order chi connectivity index (χ0) is 26.4. The fourth-order valence-electron chi connectivity index (χ4n) is 4.48. The number of carbonyl (C=O) groups excluding carboxylic acids is 3. The maximum absolute atomic E-state index is 13.8. The van der Waals surface area contributed by atoms with Crippen molar-refractivity contribution in [1.29, 1.82) is 0 Å². The van der Waals surface area contributed by atoms with Crippen molar-refractivity contribution in [3.05, 3.63) is 47.5 Å². The number of nitrogens with zero attached hydrogens (tertiary/aromatic N) is 1. The van der Waals surface area contributed by atoms with Gasteiger partial charge in [-0.05, 0) is 76.7 Å². The molecule has 2 aliphatic rings. The van der Waals surface area contributed by atoms with Gasteiger partial charge in [0.1, 0.15) is 11.5 Å². The van der Waals surface area contributed by atoms with Gasteiger partial charge in [-0.3, -0.25) is 14.4 Å². The number of hydrogen-bond acceptors (Lipinski definition) is 7. The fourth-order valence-corrected chi connectivity index (χ4v) is 4.48. The largest absolute Gasteiger partial charge is 0.494 e. The summed E-state index contributed by atoms with van der Waals surface area (Å²) >= 11 is 0. The van der Waals surface area contributed by atoms with Crippen LogP contribution in [0.15, 0.2) is 36.4 Å². The lowest BCUT2D eigenvalue weighted by molar-refractivity contribution is -0.132. The lowest BCUT2D eigenvalue weighted by Gasteiger charge is -2.36. The van der Waals surface area contributed by atoms with Crippen molar-refractivity contribution in [3.63, 3.8) is 0 Å². The molecule has 9 heteroatoms. The van der Waals surface area contributed by atoms with Gasteiger partial charge in [-0.1, -0.05) is 12.1 Å². The molecular weight excluding hydrogens is 461 g/mol. The molecule has 1 atom stereocenters. The van der Waals surface area contributed by atoms with Crippen LogP contribution in [0.3, 0.4) is 0 Å². The van der Waals surface area contributed by atoms with Crippen LogP contribution in [-0.2, 0) is 25.3 Å². The molecule has 4 rings (SSSR count). The third-order valence-electron chi connectivity index (χ3n) is 7.08. The summed E-state index contributed by atoms with van der Waals surface area (Å²) in [5.41, 5.74) is 2.01. The molecule has 36 heavy (non-hydrogen) atoms. The third-order valence-corrected chi connectivity index (χ3v) is 7.08. The van der Waals surface area contributed by atoms with Gasteiger partial charge in [0.2, 0.25) is 0 Å². The summed E-state index contributed by atoms with van der Waals surface area (Å²) in [6, 6.07) is 10.2. The van der Waals surface area contributed by atoms with Gasteiger partial charge < -0.3 is 23.7 Å². The zero-order valence-electron chi connectivity index (χ0n) is 21.8. The molecule has 0 aliphatic carbocycles. The molecule has 1 fully saturated rings. The number of ether oxygens (including phenoxy) is 2. The molecule has 0 spiro atoms. The van der Waals surface area contributed by atoms with Crippen LogP contribution in [0, 0.1) is 0 Å². The Hall–Kier alpha value is -3.17. The highest BCUT2D eigenvalue weighted by molar-refractivity contribution is 6.62. The van der Waals surface area contributed by atoms with Gasteiger partial charge >= 0.3 is 19.1 Å². The summed E-state index contributed by atoms with van der Waals surface area (Å²) in [7, 11) is -0.492. The van der Waals surface area contributed by atoms with Crippen LogP contribution in [-0.4, -0.2) is 42.2 Å². The molecule has 2 aromatic rings. The number of rotatable bonds is 4. The molecule has 8 nitrogen and oxygen atoms in total. The summed E-state index contributed by atoms with van der Waals surface area (Å²) in [5, 5.41) is 0. The first-order valence-electron chi connectivity index (χ1n) is 12.1. The zero-order valence-corrected chi connectivity index (χ0v) is 21.8. The smallest absolute Gasteiger partial charge is 0.427 e. The van der Waals surface area contributed by atoms with Crippen molar-refractivity contribution in [2.45, 2.75) is 78.6 Å². The number of benzene rings is 2. The lowest BCUT2D eigenvalue weighted by Crippen LogP contribution is -2.43. The summed E-state index contributed by atoms with van der Waals surface area (Å²) in [4.78, 5) is 38.6. The molecule has 0 N–H and O–H groups in total. The van der Waals surface area contributed by atoms with Gasteiger partial charge in [0.25, 0.3) is 5.91 Å². The summed E-state index contributed by atoms with van der Waals surface area (Å²) in [5.74, 6) is -1.17. The van der Waals surface area contributed by atoms with Gasteiger partial charge in [-0.2, -0.15) is 0 Å². The minimum Gasteiger partial charge on any atom is -0.427 e. The van der Waals surface area contributed by atoms with Gasteiger partial charge in [0, 0.05) is 31.6 Å². The highest BCUT2D eigenvalue weighted by Gasteiger charge is 2.51. The SMILES string of the molecule is CC(=O)Oc1ccc(C(=O)N2c3ccc(B4OC(C)(C)C(C)(C)O4)cc3CC[C@H]2C)c(OC(C)=O)c1. The Morgan fingerprint density at radius 3 is 2.19 bits per heavy atom. The number of amides is 1. The predicted molar refractivity (Wildman–Crippen MR) is 136 cm³/mol. The first kappa shape index (κ1) is 25.9. The van der Waals surface area contributed by atoms with Crippen LogP contribution in [0.1, 0.15) is 70.8 Å². The van der Waals surface area contributed by atoms with Crippen molar-refractivity contribution >= 4 is 36.1 Å². The Morgan fingerprint density at radius 1 is 0.944 bits per heavy atom. The molecule has 0 unspecified atom stereocenters. The average Bonchev–Trinajstić information content (AvgIpc) is 2.99. The highest BCUT2D eigenvalue weighted by atomic mass is 16.7. The Balaban J connectivity index is 1.68. The lowest BCUT2D eigenvalue weighted by atomic mass is 9.77. The highest BCUT2D eigenvalue weighted by Crippen LogP contribution is 2.38. The number of fused-ring (bicyclic) bond motifs is 1. The van der Waals surface area contributed by atoms with E-state index in [4.69, 9.17) is 18.8 Å². The molecule has 1 amide bonds. The maximum Gasteiger partial charge on any atom is 0.494 e. The van der Waals surface area contributed by atoms with Crippen molar-refractivity contribution in [2.75, 3.05) is 4.90 Å². The third kappa shape index (κ3) is 4.90. The monoisotopic (exact) mass is 493 g/mol. The van der Waals surface area contributed by atoms with E-state index in [1.807, 2.05) is 52.8 Å². The normalized spacial score (nSPS) is 20.0. The molecule has 0 bridgehead atoms. The number of hydrogen-bond donors (Lipinski definition) is 0. The first-order valence-corrected chi connectivity index (χ1v) is 12.1. The van der Waals surface area contributed by atoms with Crippen LogP contribution in [0.2, 0.25) is 0 Å². The van der Waals surface area contributed by atoms with Crippen LogP contribution in [0.5, 0.6) is 11.5 Å². The van der Waals surface area contributed by atoms with E-state index in [0.717, 1.165) is 29.6 Å². The first-order chi connectivity index (χ1) is 16.8. The van der Waals surface area contributed by atoms with Crippen LogP contribution in [0.4, 0.5) is 5.69 Å². The topological polar surface area (TPSA) is 91.4 Å². The van der Waals surface area contributed by atoms with Crippen LogP contribution >= 0.6 is 0 Å². The van der Waals surface area contributed by atoms with Crippen molar-refractivity contribution < 1.29 is 33.2 Å². The summed E-state index contributed by atoms with van der Waals surface area (Å²) < 4.78 is 22.8. The molecule has 0 saturated carbocycles. The van der Waals surface area contributed by atoms with Gasteiger partial charge in [-0.25, -0.2) is 0 Å². The number of anilines is 1. The van der Waals surface area contributed by atoms with E-state index in [0.29, 0.717) is 0 Å². The Labute approximate surface area is 212 Å². The van der Waals surface area contributed by atoms with Gasteiger partial charge in [0.05, 0.1) is 16.8 Å².